The summed E-state index contributed by atoms with van der Waals surface area (Å²) in [6.07, 6.45) is 1.22. The van der Waals surface area contributed by atoms with Gasteiger partial charge in [0.25, 0.3) is 11.6 Å². The molecular formula is C18H21N3O4. The van der Waals surface area contributed by atoms with Gasteiger partial charge in [-0.3, -0.25) is 14.9 Å². The predicted molar refractivity (Wildman–Crippen MR) is 96.1 cm³/mol. The summed E-state index contributed by atoms with van der Waals surface area (Å²) >= 11 is 0. The van der Waals surface area contributed by atoms with Gasteiger partial charge in [0.1, 0.15) is 5.69 Å². The molecule has 0 saturated carbocycles. The van der Waals surface area contributed by atoms with Crippen molar-refractivity contribution in [3.63, 3.8) is 0 Å². The SMILES string of the molecule is CC(CCCO)NC(=O)c1ccc(Nc2ccccc2)c([N+](=O)[O-])c1. The molecular weight excluding hydrogens is 322 g/mol. The lowest BCUT2D eigenvalue weighted by Gasteiger charge is -2.14. The number of anilines is 2. The summed E-state index contributed by atoms with van der Waals surface area (Å²) in [4.78, 5) is 23.1. The van der Waals surface area contributed by atoms with Gasteiger partial charge in [-0.05, 0) is 44.0 Å². The Morgan fingerprint density at radius 1 is 1.24 bits per heavy atom. The van der Waals surface area contributed by atoms with E-state index in [-0.39, 0.29) is 29.8 Å². The van der Waals surface area contributed by atoms with Crippen molar-refractivity contribution >= 4 is 23.0 Å². The fraction of sp³-hybridized carbons (Fsp3) is 0.278. The first-order valence-corrected chi connectivity index (χ1v) is 8.03. The van der Waals surface area contributed by atoms with Crippen molar-refractivity contribution in [3.05, 3.63) is 64.2 Å². The highest BCUT2D eigenvalue weighted by atomic mass is 16.6. The molecule has 3 N–H and O–H groups in total. The number of aliphatic hydroxyl groups excluding tert-OH is 1. The van der Waals surface area contributed by atoms with Gasteiger partial charge in [-0.1, -0.05) is 18.2 Å². The molecule has 0 radical (unpaired) electrons. The molecule has 0 heterocycles. The van der Waals surface area contributed by atoms with Gasteiger partial charge in [0.2, 0.25) is 0 Å². The first-order valence-electron chi connectivity index (χ1n) is 8.03. The van der Waals surface area contributed by atoms with Crippen LogP contribution in [0.3, 0.4) is 0 Å². The van der Waals surface area contributed by atoms with E-state index in [1.807, 2.05) is 25.1 Å². The average Bonchev–Trinajstić information content (AvgIpc) is 2.60. The zero-order chi connectivity index (χ0) is 18.2. The molecule has 0 aliphatic carbocycles. The van der Waals surface area contributed by atoms with Crippen molar-refractivity contribution in [1.29, 1.82) is 0 Å². The zero-order valence-electron chi connectivity index (χ0n) is 13.9. The average molecular weight is 343 g/mol. The smallest absolute Gasteiger partial charge is 0.293 e. The molecule has 2 aromatic rings. The second kappa shape index (κ2) is 8.79. The van der Waals surface area contributed by atoms with Crippen molar-refractivity contribution < 1.29 is 14.8 Å². The Morgan fingerprint density at radius 3 is 2.60 bits per heavy atom. The number of nitro benzene ring substituents is 1. The first-order chi connectivity index (χ1) is 12.0. The number of hydrogen-bond donors (Lipinski definition) is 3. The van der Waals surface area contributed by atoms with Crippen LogP contribution in [0.2, 0.25) is 0 Å². The Balaban J connectivity index is 2.17. The molecule has 7 heteroatoms. The zero-order valence-corrected chi connectivity index (χ0v) is 13.9. The molecule has 0 fully saturated rings. The fourth-order valence-corrected chi connectivity index (χ4v) is 2.38. The number of amides is 1. The van der Waals surface area contributed by atoms with Crippen LogP contribution >= 0.6 is 0 Å². The van der Waals surface area contributed by atoms with Crippen molar-refractivity contribution in [3.8, 4) is 0 Å². The van der Waals surface area contributed by atoms with Crippen LogP contribution in [0.4, 0.5) is 17.1 Å². The minimum Gasteiger partial charge on any atom is -0.396 e. The van der Waals surface area contributed by atoms with E-state index in [2.05, 4.69) is 10.6 Å². The molecule has 0 spiro atoms. The maximum absolute atomic E-state index is 12.2. The second-order valence-electron chi connectivity index (χ2n) is 5.72. The second-order valence-corrected chi connectivity index (χ2v) is 5.72. The quantitative estimate of drug-likeness (QED) is 0.504. The molecule has 1 unspecified atom stereocenters. The third-order valence-electron chi connectivity index (χ3n) is 3.68. The van der Waals surface area contributed by atoms with Gasteiger partial charge in [0.05, 0.1) is 4.92 Å². The van der Waals surface area contributed by atoms with Crippen LogP contribution < -0.4 is 10.6 Å². The number of benzene rings is 2. The van der Waals surface area contributed by atoms with Gasteiger partial charge >= 0.3 is 0 Å². The normalized spacial score (nSPS) is 11.6. The number of nitrogens with one attached hydrogen (secondary N) is 2. The van der Waals surface area contributed by atoms with E-state index >= 15 is 0 Å². The minimum atomic E-state index is -0.517. The van der Waals surface area contributed by atoms with Crippen LogP contribution in [0.5, 0.6) is 0 Å². The lowest BCUT2D eigenvalue weighted by molar-refractivity contribution is -0.383. The molecule has 0 aliphatic heterocycles. The number of nitro groups is 1. The lowest BCUT2D eigenvalue weighted by atomic mass is 10.1. The molecule has 2 rings (SSSR count). The molecule has 1 atom stereocenters. The molecule has 0 aromatic heterocycles. The minimum absolute atomic E-state index is 0.0610. The standard InChI is InChI=1S/C18H21N3O4/c1-13(6-5-11-22)19-18(23)14-9-10-16(17(12-14)21(24)25)20-15-7-3-2-4-8-15/h2-4,7-10,12-13,20,22H,5-6,11H2,1H3,(H,19,23). The van der Waals surface area contributed by atoms with Gasteiger partial charge in [0.15, 0.2) is 0 Å². The Kier molecular flexibility index (Phi) is 6.47. The third-order valence-corrected chi connectivity index (χ3v) is 3.68. The molecule has 0 aliphatic rings. The maximum atomic E-state index is 12.2. The van der Waals surface area contributed by atoms with Crippen molar-refractivity contribution in [2.75, 3.05) is 11.9 Å². The monoisotopic (exact) mass is 343 g/mol. The summed E-state index contributed by atoms with van der Waals surface area (Å²) in [6.45, 7) is 1.89. The van der Waals surface area contributed by atoms with Gasteiger partial charge in [-0.15, -0.1) is 0 Å². The number of aliphatic hydroxyl groups is 1. The highest BCUT2D eigenvalue weighted by Crippen LogP contribution is 2.28. The molecule has 0 bridgehead atoms. The fourth-order valence-electron chi connectivity index (χ4n) is 2.38. The Bertz CT molecular complexity index is 734. The van der Waals surface area contributed by atoms with Crippen molar-refractivity contribution in [1.82, 2.24) is 5.32 Å². The summed E-state index contributed by atoms with van der Waals surface area (Å²) in [6, 6.07) is 13.3. The molecule has 132 valence electrons. The van der Waals surface area contributed by atoms with Crippen LogP contribution in [0.25, 0.3) is 0 Å². The number of para-hydroxylation sites is 1. The molecule has 7 nitrogen and oxygen atoms in total. The Labute approximate surface area is 145 Å². The largest absolute Gasteiger partial charge is 0.396 e. The van der Waals surface area contributed by atoms with E-state index < -0.39 is 4.92 Å². The summed E-state index contributed by atoms with van der Waals surface area (Å²) in [7, 11) is 0. The summed E-state index contributed by atoms with van der Waals surface area (Å²) in [5.41, 5.74) is 1.10. The van der Waals surface area contributed by atoms with E-state index in [1.54, 1.807) is 18.2 Å². The molecule has 0 saturated heterocycles. The van der Waals surface area contributed by atoms with Gasteiger partial charge < -0.3 is 15.7 Å². The van der Waals surface area contributed by atoms with E-state index in [0.29, 0.717) is 18.5 Å². The predicted octanol–water partition coefficient (Wildman–Crippen LogP) is 3.23. The molecule has 2 aromatic carbocycles. The number of hydrogen-bond acceptors (Lipinski definition) is 5. The highest BCUT2D eigenvalue weighted by molar-refractivity contribution is 5.96. The number of rotatable bonds is 8. The topological polar surface area (TPSA) is 104 Å². The van der Waals surface area contributed by atoms with Crippen LogP contribution in [-0.4, -0.2) is 28.6 Å². The Morgan fingerprint density at radius 2 is 1.96 bits per heavy atom. The third kappa shape index (κ3) is 5.29. The van der Waals surface area contributed by atoms with Gasteiger partial charge in [-0.25, -0.2) is 0 Å². The van der Waals surface area contributed by atoms with Crippen LogP contribution in [0.1, 0.15) is 30.1 Å². The van der Waals surface area contributed by atoms with E-state index in [9.17, 15) is 14.9 Å². The van der Waals surface area contributed by atoms with Crippen molar-refractivity contribution in [2.24, 2.45) is 0 Å². The maximum Gasteiger partial charge on any atom is 0.293 e. The molecule has 1 amide bonds. The number of carbonyl (C=O) groups excluding carboxylic acids is 1. The van der Waals surface area contributed by atoms with Gasteiger partial charge in [-0.2, -0.15) is 0 Å². The van der Waals surface area contributed by atoms with E-state index in [0.717, 1.165) is 5.69 Å². The lowest BCUT2D eigenvalue weighted by Crippen LogP contribution is -2.32. The highest BCUT2D eigenvalue weighted by Gasteiger charge is 2.18. The van der Waals surface area contributed by atoms with E-state index in [1.165, 1.54) is 12.1 Å². The van der Waals surface area contributed by atoms with E-state index in [4.69, 9.17) is 5.11 Å². The Hall–Kier alpha value is -2.93. The van der Waals surface area contributed by atoms with Crippen LogP contribution in [0.15, 0.2) is 48.5 Å². The molecule has 25 heavy (non-hydrogen) atoms. The van der Waals surface area contributed by atoms with Crippen LogP contribution in [-0.2, 0) is 0 Å². The number of nitrogens with zero attached hydrogens (tertiary/aromatic N) is 1. The number of carbonyl (C=O) groups is 1. The van der Waals surface area contributed by atoms with Crippen LogP contribution in [0, 0.1) is 10.1 Å². The summed E-state index contributed by atoms with van der Waals surface area (Å²) < 4.78 is 0. The summed E-state index contributed by atoms with van der Waals surface area (Å²) in [5.74, 6) is -0.375. The van der Waals surface area contributed by atoms with Crippen molar-refractivity contribution in [2.45, 2.75) is 25.8 Å². The first kappa shape index (κ1) is 18.4. The van der Waals surface area contributed by atoms with Gasteiger partial charge in [0, 0.05) is 30.0 Å². The summed E-state index contributed by atoms with van der Waals surface area (Å²) in [5, 5.41) is 25.9.